The molecule has 0 spiro atoms. The van der Waals surface area contributed by atoms with Crippen molar-refractivity contribution in [2.45, 2.75) is 43.7 Å². The molecule has 2 rings (SSSR count). The Hall–Kier alpha value is -1.39. The molecule has 0 saturated heterocycles. The van der Waals surface area contributed by atoms with Gasteiger partial charge < -0.3 is 16.0 Å². The first-order valence-electron chi connectivity index (χ1n) is 7.81. The van der Waals surface area contributed by atoms with Crippen LogP contribution < -0.4 is 11.1 Å². The average molecular weight is 289 g/mol. The third-order valence-corrected chi connectivity index (χ3v) is 4.77. The van der Waals surface area contributed by atoms with Crippen LogP contribution in [0.5, 0.6) is 0 Å². The van der Waals surface area contributed by atoms with Crippen LogP contribution >= 0.6 is 0 Å². The molecule has 1 aromatic rings. The molecule has 1 aromatic carbocycles. The summed E-state index contributed by atoms with van der Waals surface area (Å²) in [5, 5.41) is 3.07. The van der Waals surface area contributed by atoms with Gasteiger partial charge in [-0.3, -0.25) is 4.79 Å². The van der Waals surface area contributed by atoms with Crippen LogP contribution in [0.25, 0.3) is 0 Å². The van der Waals surface area contributed by atoms with Crippen molar-refractivity contribution in [3.05, 3.63) is 35.9 Å². The van der Waals surface area contributed by atoms with Gasteiger partial charge in [0.1, 0.15) is 6.04 Å². The molecule has 0 radical (unpaired) electrons. The number of nitrogens with zero attached hydrogens (tertiary/aromatic N) is 1. The van der Waals surface area contributed by atoms with E-state index in [2.05, 4.69) is 24.3 Å². The summed E-state index contributed by atoms with van der Waals surface area (Å²) in [6.07, 6.45) is 6.05. The second-order valence-electron chi connectivity index (χ2n) is 6.29. The molecule has 0 aliphatic heterocycles. The van der Waals surface area contributed by atoms with Gasteiger partial charge in [-0.25, -0.2) is 0 Å². The summed E-state index contributed by atoms with van der Waals surface area (Å²) in [5.74, 6) is -0.0898. The summed E-state index contributed by atoms with van der Waals surface area (Å²) in [6.45, 7) is 0.680. The monoisotopic (exact) mass is 289 g/mol. The molecule has 116 valence electrons. The normalized spacial score (nSPS) is 19.2. The van der Waals surface area contributed by atoms with E-state index in [1.165, 1.54) is 19.3 Å². The van der Waals surface area contributed by atoms with Crippen molar-refractivity contribution >= 4 is 5.91 Å². The van der Waals surface area contributed by atoms with E-state index in [1.54, 1.807) is 0 Å². The Kier molecular flexibility index (Phi) is 5.37. The number of carbonyl (C=O) groups is 1. The third-order valence-electron chi connectivity index (χ3n) is 4.77. The van der Waals surface area contributed by atoms with E-state index in [1.807, 2.05) is 30.3 Å². The average Bonchev–Trinajstić information content (AvgIpc) is 2.53. The predicted molar refractivity (Wildman–Crippen MR) is 85.9 cm³/mol. The Morgan fingerprint density at radius 1 is 1.24 bits per heavy atom. The molecule has 1 fully saturated rings. The Bertz CT molecular complexity index is 452. The maximum Gasteiger partial charge on any atom is 0.241 e. The molecule has 0 unspecified atom stereocenters. The van der Waals surface area contributed by atoms with Crippen molar-refractivity contribution in [3.8, 4) is 0 Å². The molecule has 1 amide bonds. The molecule has 21 heavy (non-hydrogen) atoms. The summed E-state index contributed by atoms with van der Waals surface area (Å²) in [6, 6.07) is 8.95. The zero-order chi connectivity index (χ0) is 15.3. The van der Waals surface area contributed by atoms with E-state index >= 15 is 0 Å². The summed E-state index contributed by atoms with van der Waals surface area (Å²) in [4.78, 5) is 14.6. The lowest BCUT2D eigenvalue weighted by molar-refractivity contribution is -0.123. The minimum Gasteiger partial charge on any atom is -0.353 e. The zero-order valence-electron chi connectivity index (χ0n) is 13.1. The number of benzene rings is 1. The van der Waals surface area contributed by atoms with Gasteiger partial charge in [0.05, 0.1) is 0 Å². The molecule has 1 saturated carbocycles. The van der Waals surface area contributed by atoms with Gasteiger partial charge in [0.15, 0.2) is 0 Å². The van der Waals surface area contributed by atoms with Gasteiger partial charge >= 0.3 is 0 Å². The molecule has 0 bridgehead atoms. The molecular weight excluding hydrogens is 262 g/mol. The Morgan fingerprint density at radius 3 is 2.43 bits per heavy atom. The number of hydrogen-bond acceptors (Lipinski definition) is 3. The maximum atomic E-state index is 12.3. The van der Waals surface area contributed by atoms with E-state index in [0.29, 0.717) is 6.54 Å². The fourth-order valence-corrected chi connectivity index (χ4v) is 3.17. The van der Waals surface area contributed by atoms with Gasteiger partial charge in [-0.2, -0.15) is 0 Å². The first kappa shape index (κ1) is 16.0. The third kappa shape index (κ3) is 3.83. The number of carbonyl (C=O) groups excluding carboxylic acids is 1. The Labute approximate surface area is 127 Å². The number of nitrogens with two attached hydrogens (primary N) is 1. The number of amides is 1. The highest BCUT2D eigenvalue weighted by atomic mass is 16.2. The van der Waals surface area contributed by atoms with Gasteiger partial charge in [0.2, 0.25) is 5.91 Å². The highest BCUT2D eigenvalue weighted by Crippen LogP contribution is 2.31. The van der Waals surface area contributed by atoms with E-state index < -0.39 is 6.04 Å². The fraction of sp³-hybridized carbons (Fsp3) is 0.588. The molecular formula is C17H27N3O. The summed E-state index contributed by atoms with van der Waals surface area (Å²) in [7, 11) is 4.21. The smallest absolute Gasteiger partial charge is 0.241 e. The Balaban J connectivity index is 1.96. The molecule has 1 aliphatic carbocycles. The standard InChI is InChI=1S/C17H27N3O/c1-20(2)17(11-7-4-8-12-17)13-19-16(21)15(18)14-9-5-3-6-10-14/h3,5-6,9-10,15H,4,7-8,11-13,18H2,1-2H3,(H,19,21)/t15-/m1/s1. The van der Waals surface area contributed by atoms with Gasteiger partial charge in [0.25, 0.3) is 0 Å². The second kappa shape index (κ2) is 7.05. The number of likely N-dealkylation sites (N-methyl/N-ethyl adjacent to an activating group) is 1. The van der Waals surface area contributed by atoms with E-state index in [0.717, 1.165) is 18.4 Å². The molecule has 0 aromatic heterocycles. The van der Waals surface area contributed by atoms with Crippen LogP contribution in [0.3, 0.4) is 0 Å². The van der Waals surface area contributed by atoms with Crippen LogP contribution in [-0.2, 0) is 4.79 Å². The largest absolute Gasteiger partial charge is 0.353 e. The van der Waals surface area contributed by atoms with Crippen molar-refractivity contribution in [1.82, 2.24) is 10.2 Å². The van der Waals surface area contributed by atoms with E-state index in [9.17, 15) is 4.79 Å². The first-order valence-corrected chi connectivity index (χ1v) is 7.81. The van der Waals surface area contributed by atoms with Crippen molar-refractivity contribution in [2.24, 2.45) is 5.73 Å². The van der Waals surface area contributed by atoms with Crippen molar-refractivity contribution in [2.75, 3.05) is 20.6 Å². The predicted octanol–water partition coefficient (Wildman–Crippen LogP) is 2.07. The topological polar surface area (TPSA) is 58.4 Å². The van der Waals surface area contributed by atoms with E-state index in [-0.39, 0.29) is 11.4 Å². The molecule has 1 aliphatic rings. The van der Waals surface area contributed by atoms with Crippen LogP contribution in [0.4, 0.5) is 0 Å². The Morgan fingerprint density at radius 2 is 1.86 bits per heavy atom. The van der Waals surface area contributed by atoms with Crippen LogP contribution in [0.1, 0.15) is 43.7 Å². The van der Waals surface area contributed by atoms with Crippen LogP contribution in [0, 0.1) is 0 Å². The first-order chi connectivity index (χ1) is 10.1. The minimum atomic E-state index is -0.589. The van der Waals surface area contributed by atoms with Crippen LogP contribution in [0.15, 0.2) is 30.3 Å². The molecule has 1 atom stereocenters. The van der Waals surface area contributed by atoms with Gasteiger partial charge in [-0.1, -0.05) is 49.6 Å². The zero-order valence-corrected chi connectivity index (χ0v) is 13.1. The lowest BCUT2D eigenvalue weighted by atomic mass is 9.80. The van der Waals surface area contributed by atoms with E-state index in [4.69, 9.17) is 5.73 Å². The number of hydrogen-bond donors (Lipinski definition) is 2. The van der Waals surface area contributed by atoms with Crippen molar-refractivity contribution in [3.63, 3.8) is 0 Å². The second-order valence-corrected chi connectivity index (χ2v) is 6.29. The van der Waals surface area contributed by atoms with Crippen LogP contribution in [-0.4, -0.2) is 37.0 Å². The summed E-state index contributed by atoms with van der Waals surface area (Å²) >= 11 is 0. The maximum absolute atomic E-state index is 12.3. The molecule has 3 N–H and O–H groups in total. The fourth-order valence-electron chi connectivity index (χ4n) is 3.17. The molecule has 4 nitrogen and oxygen atoms in total. The van der Waals surface area contributed by atoms with Gasteiger partial charge in [-0.15, -0.1) is 0 Å². The molecule has 4 heteroatoms. The summed E-state index contributed by atoms with van der Waals surface area (Å²) in [5.41, 5.74) is 6.99. The van der Waals surface area contributed by atoms with Crippen molar-refractivity contribution < 1.29 is 4.79 Å². The minimum absolute atomic E-state index is 0.0876. The number of nitrogens with one attached hydrogen (secondary N) is 1. The highest BCUT2D eigenvalue weighted by molar-refractivity contribution is 5.82. The van der Waals surface area contributed by atoms with Crippen LogP contribution in [0.2, 0.25) is 0 Å². The van der Waals surface area contributed by atoms with Crippen molar-refractivity contribution in [1.29, 1.82) is 0 Å². The number of rotatable bonds is 5. The highest BCUT2D eigenvalue weighted by Gasteiger charge is 2.34. The lowest BCUT2D eigenvalue weighted by Gasteiger charge is -2.43. The quantitative estimate of drug-likeness (QED) is 0.872. The van der Waals surface area contributed by atoms with Gasteiger partial charge in [-0.05, 0) is 32.5 Å². The SMILES string of the molecule is CN(C)C1(CNC(=O)[C@H](N)c2ccccc2)CCCCC1. The lowest BCUT2D eigenvalue weighted by Crippen LogP contribution is -2.54. The van der Waals surface area contributed by atoms with Gasteiger partial charge in [0, 0.05) is 12.1 Å². The molecule has 0 heterocycles. The summed E-state index contributed by atoms with van der Waals surface area (Å²) < 4.78 is 0.